The summed E-state index contributed by atoms with van der Waals surface area (Å²) < 4.78 is 19.2. The molecule has 0 bridgehead atoms. The number of hydrogen-bond donors (Lipinski definition) is 1. The van der Waals surface area contributed by atoms with E-state index in [2.05, 4.69) is 17.3 Å². The van der Waals surface area contributed by atoms with Gasteiger partial charge in [0, 0.05) is 25.7 Å². The van der Waals surface area contributed by atoms with Crippen LogP contribution in [0.3, 0.4) is 0 Å². The summed E-state index contributed by atoms with van der Waals surface area (Å²) in [5, 5.41) is 3.06. The zero-order valence-corrected chi connectivity index (χ0v) is 18.9. The maximum atomic E-state index is 13.3. The minimum absolute atomic E-state index is 0.0928. The third-order valence-corrected chi connectivity index (χ3v) is 6.70. The fourth-order valence-electron chi connectivity index (χ4n) is 4.37. The van der Waals surface area contributed by atoms with Gasteiger partial charge in [-0.25, -0.2) is 9.18 Å². The van der Waals surface area contributed by atoms with Crippen molar-refractivity contribution in [1.82, 2.24) is 15.1 Å². The normalized spacial score (nSPS) is 18.9. The highest BCUT2D eigenvalue weighted by Gasteiger charge is 2.23. The lowest BCUT2D eigenvalue weighted by Gasteiger charge is -2.27. The maximum absolute atomic E-state index is 13.3. The Bertz CT molecular complexity index is 868. The molecule has 2 aliphatic rings. The molecule has 32 heavy (non-hydrogen) atoms. The Labute approximate surface area is 190 Å². The van der Waals surface area contributed by atoms with Crippen LogP contribution >= 0.6 is 0 Å². The number of amides is 2. The number of rotatable bonds is 9. The number of urea groups is 1. The van der Waals surface area contributed by atoms with Crippen LogP contribution in [0.5, 0.6) is 5.75 Å². The molecule has 0 radical (unpaired) electrons. The summed E-state index contributed by atoms with van der Waals surface area (Å²) in [5.41, 5.74) is 1.97. The van der Waals surface area contributed by atoms with Gasteiger partial charge in [0.1, 0.15) is 11.6 Å². The molecule has 1 unspecified atom stereocenters. The number of nitrogens with one attached hydrogen (secondary N) is 1. The molecule has 1 saturated carbocycles. The third-order valence-electron chi connectivity index (χ3n) is 6.70. The van der Waals surface area contributed by atoms with E-state index in [0.29, 0.717) is 31.8 Å². The molecule has 172 valence electrons. The molecule has 1 saturated heterocycles. The van der Waals surface area contributed by atoms with Crippen molar-refractivity contribution in [2.45, 2.75) is 63.8 Å². The highest BCUT2D eigenvalue weighted by Crippen LogP contribution is 2.25. The lowest BCUT2D eigenvalue weighted by Crippen LogP contribution is -2.41. The van der Waals surface area contributed by atoms with Gasteiger partial charge in [-0.05, 0) is 87.5 Å². The molecule has 2 aromatic carbocycles. The average molecular weight is 440 g/mol. The first-order valence-electron chi connectivity index (χ1n) is 11.8. The maximum Gasteiger partial charge on any atom is 0.317 e. The minimum atomic E-state index is -0.262. The van der Waals surface area contributed by atoms with Gasteiger partial charge in [0.15, 0.2) is 0 Å². The fraction of sp³-hybridized carbons (Fsp3) is 0.500. The molecule has 1 heterocycles. The molecule has 4 rings (SSSR count). The van der Waals surface area contributed by atoms with Gasteiger partial charge in [-0.3, -0.25) is 0 Å². The van der Waals surface area contributed by atoms with Crippen LogP contribution in [0, 0.1) is 5.82 Å². The van der Waals surface area contributed by atoms with E-state index in [-0.39, 0.29) is 11.8 Å². The smallest absolute Gasteiger partial charge is 0.317 e. The zero-order chi connectivity index (χ0) is 22.3. The second-order valence-corrected chi connectivity index (χ2v) is 9.09. The Morgan fingerprint density at radius 1 is 1.06 bits per heavy atom. The molecule has 1 N–H and O–H groups in total. The number of halogens is 1. The van der Waals surface area contributed by atoms with Crippen molar-refractivity contribution in [1.29, 1.82) is 0 Å². The number of carbonyl (C=O) groups excluding carboxylic acids is 1. The molecular weight excluding hydrogens is 405 g/mol. The van der Waals surface area contributed by atoms with Crippen LogP contribution in [0.15, 0.2) is 48.5 Å². The quantitative estimate of drug-likeness (QED) is 0.601. The van der Waals surface area contributed by atoms with Crippen LogP contribution in [0.4, 0.5) is 9.18 Å². The van der Waals surface area contributed by atoms with Crippen molar-refractivity contribution in [3.63, 3.8) is 0 Å². The lowest BCUT2D eigenvalue weighted by molar-refractivity contribution is 0.120. The van der Waals surface area contributed by atoms with E-state index >= 15 is 0 Å². The molecule has 1 aliphatic carbocycles. The summed E-state index contributed by atoms with van der Waals surface area (Å²) in [5.74, 6) is 0.630. The van der Waals surface area contributed by atoms with E-state index < -0.39 is 0 Å². The topological polar surface area (TPSA) is 44.8 Å². The van der Waals surface area contributed by atoms with Crippen LogP contribution in [0.1, 0.15) is 49.7 Å². The van der Waals surface area contributed by atoms with Crippen molar-refractivity contribution in [3.8, 4) is 5.75 Å². The Hall–Kier alpha value is -2.60. The molecule has 2 amide bonds. The first kappa shape index (κ1) is 22.6. The number of benzene rings is 2. The molecule has 0 spiro atoms. The minimum Gasteiger partial charge on any atom is -0.490 e. The van der Waals surface area contributed by atoms with Crippen LogP contribution in [0.2, 0.25) is 0 Å². The molecule has 2 aromatic rings. The fourth-order valence-corrected chi connectivity index (χ4v) is 4.37. The van der Waals surface area contributed by atoms with E-state index in [4.69, 9.17) is 4.74 Å². The molecule has 0 aromatic heterocycles. The van der Waals surface area contributed by atoms with E-state index in [9.17, 15) is 9.18 Å². The van der Waals surface area contributed by atoms with Gasteiger partial charge in [0.05, 0.1) is 6.10 Å². The van der Waals surface area contributed by atoms with Crippen LogP contribution in [-0.4, -0.2) is 48.1 Å². The van der Waals surface area contributed by atoms with Crippen molar-refractivity contribution in [3.05, 3.63) is 65.5 Å². The predicted molar refractivity (Wildman–Crippen MR) is 124 cm³/mol. The van der Waals surface area contributed by atoms with E-state index in [0.717, 1.165) is 42.7 Å². The zero-order valence-electron chi connectivity index (χ0n) is 18.9. The molecule has 1 aliphatic heterocycles. The SMILES string of the molecule is CN1CCCC1CCN(Cc1ccc(F)cc1)C(=O)NCc1ccc(OC2CCC2)cc1. The number of carbonyl (C=O) groups is 1. The monoisotopic (exact) mass is 439 g/mol. The molecule has 6 heteroatoms. The van der Waals surface area contributed by atoms with Gasteiger partial charge >= 0.3 is 6.03 Å². The second kappa shape index (κ2) is 10.8. The van der Waals surface area contributed by atoms with E-state index in [1.807, 2.05) is 29.2 Å². The Kier molecular flexibility index (Phi) is 7.63. The van der Waals surface area contributed by atoms with Crippen molar-refractivity contribution in [2.24, 2.45) is 0 Å². The third kappa shape index (κ3) is 6.22. The van der Waals surface area contributed by atoms with E-state index in [1.165, 1.54) is 31.4 Å². The van der Waals surface area contributed by atoms with Gasteiger partial charge in [0.2, 0.25) is 0 Å². The van der Waals surface area contributed by atoms with Crippen molar-refractivity contribution in [2.75, 3.05) is 20.1 Å². The Morgan fingerprint density at radius 2 is 1.78 bits per heavy atom. The Morgan fingerprint density at radius 3 is 2.41 bits per heavy atom. The summed E-state index contributed by atoms with van der Waals surface area (Å²) in [6.07, 6.45) is 7.22. The van der Waals surface area contributed by atoms with Crippen LogP contribution in [-0.2, 0) is 13.1 Å². The first-order chi connectivity index (χ1) is 15.6. The highest BCUT2D eigenvalue weighted by atomic mass is 19.1. The molecule has 1 atom stereocenters. The van der Waals surface area contributed by atoms with Gasteiger partial charge in [-0.2, -0.15) is 0 Å². The summed E-state index contributed by atoms with van der Waals surface area (Å²) in [6.45, 7) is 2.73. The lowest BCUT2D eigenvalue weighted by atomic mass is 9.96. The van der Waals surface area contributed by atoms with Gasteiger partial charge in [-0.15, -0.1) is 0 Å². The highest BCUT2D eigenvalue weighted by molar-refractivity contribution is 5.74. The van der Waals surface area contributed by atoms with Gasteiger partial charge in [0.25, 0.3) is 0 Å². The summed E-state index contributed by atoms with van der Waals surface area (Å²) in [6, 6.07) is 14.8. The Balaban J connectivity index is 1.33. The van der Waals surface area contributed by atoms with E-state index in [1.54, 1.807) is 12.1 Å². The average Bonchev–Trinajstić information content (AvgIpc) is 3.19. The van der Waals surface area contributed by atoms with Gasteiger partial charge < -0.3 is 19.9 Å². The summed E-state index contributed by atoms with van der Waals surface area (Å²) >= 11 is 0. The molecule has 2 fully saturated rings. The van der Waals surface area contributed by atoms with Crippen LogP contribution < -0.4 is 10.1 Å². The number of hydrogen-bond acceptors (Lipinski definition) is 3. The second-order valence-electron chi connectivity index (χ2n) is 9.09. The first-order valence-corrected chi connectivity index (χ1v) is 11.8. The van der Waals surface area contributed by atoms with Crippen molar-refractivity contribution < 1.29 is 13.9 Å². The largest absolute Gasteiger partial charge is 0.490 e. The predicted octanol–water partition coefficient (Wildman–Crippen LogP) is 4.95. The summed E-state index contributed by atoms with van der Waals surface area (Å²) in [7, 11) is 2.15. The molecule has 5 nitrogen and oxygen atoms in total. The summed E-state index contributed by atoms with van der Waals surface area (Å²) in [4.78, 5) is 17.3. The number of nitrogens with zero attached hydrogens (tertiary/aromatic N) is 2. The standard InChI is InChI=1S/C26H34FN3O2/c1-29-16-3-4-23(29)15-17-30(19-21-7-11-22(27)12-8-21)26(31)28-18-20-9-13-25(14-10-20)32-24-5-2-6-24/h7-14,23-24H,2-6,15-19H2,1H3,(H,28,31). The van der Waals surface area contributed by atoms with Gasteiger partial charge in [-0.1, -0.05) is 24.3 Å². The van der Waals surface area contributed by atoms with Crippen molar-refractivity contribution >= 4 is 6.03 Å². The van der Waals surface area contributed by atoms with Crippen LogP contribution in [0.25, 0.3) is 0 Å². The number of ether oxygens (including phenoxy) is 1. The number of likely N-dealkylation sites (tertiary alicyclic amines) is 1. The molecular formula is C26H34FN3O2.